The number of methoxy groups -OCH3 is 1. The van der Waals surface area contributed by atoms with Crippen molar-refractivity contribution in [2.24, 2.45) is 0 Å². The van der Waals surface area contributed by atoms with Crippen molar-refractivity contribution in [2.75, 3.05) is 7.11 Å². The van der Waals surface area contributed by atoms with Gasteiger partial charge in [0.2, 0.25) is 0 Å². The van der Waals surface area contributed by atoms with E-state index < -0.39 is 5.97 Å². The van der Waals surface area contributed by atoms with Gasteiger partial charge in [-0.2, -0.15) is 0 Å². The van der Waals surface area contributed by atoms with E-state index >= 15 is 0 Å². The minimum absolute atomic E-state index is 0.626. The quantitative estimate of drug-likeness (QED) is 0.502. The molecule has 108 valence electrons. The smallest absolute Gasteiger partial charge is 0.328 e. The first kappa shape index (κ1) is 15.1. The first-order valence-electron chi connectivity index (χ1n) is 6.17. The van der Waals surface area contributed by atoms with Crippen LogP contribution in [0.5, 0.6) is 5.75 Å². The summed E-state index contributed by atoms with van der Waals surface area (Å²) in [5.74, 6) is 0.378. The van der Waals surface area contributed by atoms with Gasteiger partial charge in [0.15, 0.2) is 5.16 Å². The van der Waals surface area contributed by atoms with Gasteiger partial charge in [0.05, 0.1) is 7.11 Å². The number of thioether (sulfide) groups is 1. The summed E-state index contributed by atoms with van der Waals surface area (Å²) in [6, 6.07) is 7.28. The Labute approximate surface area is 126 Å². The third kappa shape index (κ3) is 4.61. The van der Waals surface area contributed by atoms with Crippen molar-refractivity contribution in [2.45, 2.75) is 10.9 Å². The van der Waals surface area contributed by atoms with Crippen molar-refractivity contribution < 1.29 is 14.6 Å². The number of carbonyl (C=O) groups is 1. The summed E-state index contributed by atoms with van der Waals surface area (Å²) in [7, 11) is 1.60. The Morgan fingerprint density at radius 2 is 2.14 bits per heavy atom. The summed E-state index contributed by atoms with van der Waals surface area (Å²) in [4.78, 5) is 18.9. The summed E-state index contributed by atoms with van der Waals surface area (Å²) in [5.41, 5.74) is 1.80. The molecule has 0 saturated heterocycles. The number of ether oxygens (including phenoxy) is 1. The van der Waals surface area contributed by atoms with E-state index in [1.165, 1.54) is 11.8 Å². The molecule has 0 spiro atoms. The first-order chi connectivity index (χ1) is 10.2. The minimum Gasteiger partial charge on any atom is -0.497 e. The number of hydrogen-bond acceptors (Lipinski definition) is 5. The molecule has 2 aromatic rings. The van der Waals surface area contributed by atoms with Crippen LogP contribution < -0.4 is 4.74 Å². The number of aliphatic carboxylic acids is 1. The first-order valence-corrected chi connectivity index (χ1v) is 7.15. The highest BCUT2D eigenvalue weighted by molar-refractivity contribution is 7.98. The molecule has 6 heteroatoms. The topological polar surface area (TPSA) is 72.3 Å². The third-order valence-electron chi connectivity index (χ3n) is 2.65. The van der Waals surface area contributed by atoms with Crippen LogP contribution in [0.1, 0.15) is 11.1 Å². The summed E-state index contributed by atoms with van der Waals surface area (Å²) >= 11 is 1.48. The molecule has 5 nitrogen and oxygen atoms in total. The highest BCUT2D eigenvalue weighted by atomic mass is 32.2. The molecule has 0 aliphatic heterocycles. The summed E-state index contributed by atoms with van der Waals surface area (Å²) in [5, 5.41) is 9.41. The molecule has 0 radical (unpaired) electrons. The van der Waals surface area contributed by atoms with Gasteiger partial charge in [0, 0.05) is 24.2 Å². The molecule has 1 heterocycles. The van der Waals surface area contributed by atoms with Gasteiger partial charge in [-0.15, -0.1) is 0 Å². The molecule has 0 aliphatic carbocycles. The Bertz CT molecular complexity index is 645. The van der Waals surface area contributed by atoms with Crippen molar-refractivity contribution >= 4 is 23.8 Å². The molecular formula is C15H14N2O3S. The lowest BCUT2D eigenvalue weighted by Gasteiger charge is -2.08. The predicted molar refractivity (Wildman–Crippen MR) is 81.3 cm³/mol. The van der Waals surface area contributed by atoms with E-state index in [9.17, 15) is 4.79 Å². The highest BCUT2D eigenvalue weighted by Gasteiger charge is 2.05. The van der Waals surface area contributed by atoms with Crippen LogP contribution >= 0.6 is 11.8 Å². The van der Waals surface area contributed by atoms with Crippen LogP contribution in [0.3, 0.4) is 0 Å². The monoisotopic (exact) mass is 302 g/mol. The lowest BCUT2D eigenvalue weighted by atomic mass is 10.1. The molecular weight excluding hydrogens is 288 g/mol. The number of rotatable bonds is 6. The number of benzene rings is 1. The molecule has 1 N–H and O–H groups in total. The fraction of sp³-hybridized carbons (Fsp3) is 0.133. The van der Waals surface area contributed by atoms with E-state index in [0.29, 0.717) is 10.9 Å². The van der Waals surface area contributed by atoms with Crippen LogP contribution in [0.4, 0.5) is 0 Å². The van der Waals surface area contributed by atoms with Gasteiger partial charge >= 0.3 is 5.97 Å². The van der Waals surface area contributed by atoms with Gasteiger partial charge in [-0.3, -0.25) is 0 Å². The molecule has 0 saturated carbocycles. The largest absolute Gasteiger partial charge is 0.497 e. The van der Waals surface area contributed by atoms with E-state index in [2.05, 4.69) is 9.97 Å². The maximum absolute atomic E-state index is 10.6. The minimum atomic E-state index is -0.976. The van der Waals surface area contributed by atoms with Crippen LogP contribution in [0.15, 0.2) is 47.9 Å². The maximum Gasteiger partial charge on any atom is 0.328 e. The average molecular weight is 302 g/mol. The third-order valence-corrected chi connectivity index (χ3v) is 3.58. The Morgan fingerprint density at radius 1 is 1.38 bits per heavy atom. The van der Waals surface area contributed by atoms with E-state index in [4.69, 9.17) is 9.84 Å². The molecule has 1 aromatic heterocycles. The zero-order chi connectivity index (χ0) is 15.1. The van der Waals surface area contributed by atoms with Gasteiger partial charge in [0.25, 0.3) is 0 Å². The van der Waals surface area contributed by atoms with Gasteiger partial charge < -0.3 is 9.84 Å². The zero-order valence-electron chi connectivity index (χ0n) is 11.4. The number of nitrogens with zero attached hydrogens (tertiary/aromatic N) is 2. The molecule has 21 heavy (non-hydrogen) atoms. The summed E-state index contributed by atoms with van der Waals surface area (Å²) < 4.78 is 5.21. The number of aromatic nitrogens is 2. The Morgan fingerprint density at radius 3 is 2.81 bits per heavy atom. The van der Waals surface area contributed by atoms with E-state index in [0.717, 1.165) is 23.0 Å². The van der Waals surface area contributed by atoms with Gasteiger partial charge in [-0.05, 0) is 35.4 Å². The van der Waals surface area contributed by atoms with Gasteiger partial charge in [-0.25, -0.2) is 14.8 Å². The van der Waals surface area contributed by atoms with Crippen LogP contribution in [0.25, 0.3) is 6.08 Å². The number of hydrogen-bond donors (Lipinski definition) is 1. The van der Waals surface area contributed by atoms with Crippen molar-refractivity contribution in [3.63, 3.8) is 0 Å². The van der Waals surface area contributed by atoms with Crippen LogP contribution in [0.2, 0.25) is 0 Å². The van der Waals surface area contributed by atoms with Crippen molar-refractivity contribution in [3.05, 3.63) is 53.9 Å². The maximum atomic E-state index is 10.6. The molecule has 1 aromatic carbocycles. The van der Waals surface area contributed by atoms with Gasteiger partial charge in [-0.1, -0.05) is 17.8 Å². The second-order valence-corrected chi connectivity index (χ2v) is 5.00. The fourth-order valence-electron chi connectivity index (χ4n) is 1.66. The Hall–Kier alpha value is -2.34. The Kier molecular flexibility index (Phi) is 5.34. The molecule has 0 amide bonds. The lowest BCUT2D eigenvalue weighted by molar-refractivity contribution is -0.131. The SMILES string of the molecule is COc1ccc(C=CC(=O)O)c(CSc2ncccn2)c1. The second kappa shape index (κ2) is 7.44. The zero-order valence-corrected chi connectivity index (χ0v) is 12.2. The molecule has 2 rings (SSSR count). The standard InChI is InChI=1S/C15H14N2O3S/c1-20-13-5-3-11(4-6-14(18)19)12(9-13)10-21-15-16-7-2-8-17-15/h2-9H,10H2,1H3,(H,18,19). The molecule has 0 bridgehead atoms. The van der Waals surface area contributed by atoms with E-state index in [1.54, 1.807) is 37.7 Å². The highest BCUT2D eigenvalue weighted by Crippen LogP contribution is 2.25. The van der Waals surface area contributed by atoms with Crippen LogP contribution in [-0.4, -0.2) is 28.2 Å². The van der Waals surface area contributed by atoms with Crippen molar-refractivity contribution in [1.29, 1.82) is 0 Å². The molecule has 0 unspecified atom stereocenters. The predicted octanol–water partition coefficient (Wildman–Crippen LogP) is 2.88. The van der Waals surface area contributed by atoms with Crippen LogP contribution in [0, 0.1) is 0 Å². The molecule has 0 aliphatic rings. The summed E-state index contributed by atoms with van der Waals surface area (Å²) in [6.07, 6.45) is 6.07. The van der Waals surface area contributed by atoms with Crippen molar-refractivity contribution in [3.8, 4) is 5.75 Å². The van der Waals surface area contributed by atoms with Gasteiger partial charge in [0.1, 0.15) is 5.75 Å². The second-order valence-electron chi connectivity index (χ2n) is 4.06. The van der Waals surface area contributed by atoms with Crippen molar-refractivity contribution in [1.82, 2.24) is 9.97 Å². The summed E-state index contributed by atoms with van der Waals surface area (Å²) in [6.45, 7) is 0. The molecule has 0 fully saturated rings. The normalized spacial score (nSPS) is 10.7. The lowest BCUT2D eigenvalue weighted by Crippen LogP contribution is -1.93. The van der Waals surface area contributed by atoms with E-state index in [1.807, 2.05) is 12.1 Å². The average Bonchev–Trinajstić information content (AvgIpc) is 2.52. The fourth-order valence-corrected chi connectivity index (χ4v) is 2.47. The van der Waals surface area contributed by atoms with Crippen LogP contribution in [-0.2, 0) is 10.5 Å². The molecule has 0 atom stereocenters. The van der Waals surface area contributed by atoms with E-state index in [-0.39, 0.29) is 0 Å². The Balaban J connectivity index is 2.20. The number of carboxylic acids is 1. The number of carboxylic acid groups (broad SMARTS) is 1.